The molecule has 0 aliphatic carbocycles. The number of carbonyl (C=O) groups is 3. The molecule has 0 aromatic heterocycles. The molecule has 0 fully saturated rings. The van der Waals surface area contributed by atoms with Crippen LogP contribution >= 0.6 is 0 Å². The van der Waals surface area contributed by atoms with Gasteiger partial charge in [0.05, 0.1) is 0 Å². The summed E-state index contributed by atoms with van der Waals surface area (Å²) in [6, 6.07) is 0. The number of allylic oxidation sites excluding steroid dienone is 20. The third kappa shape index (κ3) is 56.6. The van der Waals surface area contributed by atoms with Gasteiger partial charge in [0.25, 0.3) is 0 Å². The highest BCUT2D eigenvalue weighted by atomic mass is 16.6. The Morgan fingerprint density at radius 2 is 0.577 bits per heavy atom. The quantitative estimate of drug-likeness (QED) is 0.0261. The molecule has 0 amide bonds. The van der Waals surface area contributed by atoms with Gasteiger partial charge in [-0.3, -0.25) is 14.4 Å². The fraction of sp³-hybridized carbons (Fsp3) is 0.646. The molecule has 6 nitrogen and oxygen atoms in total. The maximum Gasteiger partial charge on any atom is 0.306 e. The second-order valence-electron chi connectivity index (χ2n) is 18.8. The molecule has 0 aromatic carbocycles. The monoisotopic (exact) mass is 983 g/mol. The van der Waals surface area contributed by atoms with Crippen LogP contribution in [0.4, 0.5) is 0 Å². The molecule has 6 heteroatoms. The minimum Gasteiger partial charge on any atom is -0.462 e. The fourth-order valence-electron chi connectivity index (χ4n) is 7.65. The van der Waals surface area contributed by atoms with Gasteiger partial charge in [-0.2, -0.15) is 0 Å². The Kier molecular flexibility index (Phi) is 54.9. The highest BCUT2D eigenvalue weighted by Gasteiger charge is 2.19. The van der Waals surface area contributed by atoms with E-state index in [0.29, 0.717) is 12.8 Å². The van der Waals surface area contributed by atoms with Gasteiger partial charge in [0, 0.05) is 19.3 Å². The van der Waals surface area contributed by atoms with Crippen molar-refractivity contribution >= 4 is 17.9 Å². The van der Waals surface area contributed by atoms with Crippen molar-refractivity contribution in [1.29, 1.82) is 0 Å². The molecule has 0 aromatic rings. The summed E-state index contributed by atoms with van der Waals surface area (Å²) in [4.78, 5) is 38.1. The number of carbonyl (C=O) groups excluding carboxylic acids is 3. The van der Waals surface area contributed by atoms with Crippen LogP contribution < -0.4 is 0 Å². The van der Waals surface area contributed by atoms with Crippen molar-refractivity contribution in [3.63, 3.8) is 0 Å². The van der Waals surface area contributed by atoms with Crippen molar-refractivity contribution in [1.82, 2.24) is 0 Å². The summed E-state index contributed by atoms with van der Waals surface area (Å²) in [5.74, 6) is -1.03. The standard InChI is InChI=1S/C65H106O6/c1-4-7-10-13-16-19-22-25-27-29-30-31-32-33-34-36-37-40-43-46-49-52-55-58-64(67)70-61-62(60-69-63(66)57-54-51-48-45-42-39-24-21-18-15-12-9-6-3)71-65(68)59-56-53-50-47-44-41-38-35-28-26-23-20-17-14-11-8-5-2/h8-9,11-12,17-18,20-22,25-26,28-30,38-39,41-42,48,51,62H,4-7,10,13-16,19,23-24,27,31-37,40,43-47,49-50,52-61H2,1-3H3/b11-8-,12-9-,20-17-,21-18-,25-22-,28-26-,30-29-,41-38-,42-39-,51-48-. The highest BCUT2D eigenvalue weighted by molar-refractivity contribution is 5.71. The molecule has 0 saturated carbocycles. The number of rotatable bonds is 51. The zero-order valence-corrected chi connectivity index (χ0v) is 45.9. The van der Waals surface area contributed by atoms with Gasteiger partial charge in [-0.25, -0.2) is 0 Å². The van der Waals surface area contributed by atoms with Crippen LogP contribution in [0.2, 0.25) is 0 Å². The largest absolute Gasteiger partial charge is 0.462 e. The highest BCUT2D eigenvalue weighted by Crippen LogP contribution is 2.14. The van der Waals surface area contributed by atoms with Crippen LogP contribution in [0.15, 0.2) is 122 Å². The van der Waals surface area contributed by atoms with Crippen LogP contribution in [-0.2, 0) is 28.6 Å². The van der Waals surface area contributed by atoms with E-state index < -0.39 is 6.10 Å². The predicted octanol–water partition coefficient (Wildman–Crippen LogP) is 19.6. The van der Waals surface area contributed by atoms with Gasteiger partial charge in [-0.15, -0.1) is 0 Å². The van der Waals surface area contributed by atoms with Crippen LogP contribution in [0.3, 0.4) is 0 Å². The molecule has 0 aliphatic heterocycles. The van der Waals surface area contributed by atoms with E-state index in [1.165, 1.54) is 96.3 Å². The summed E-state index contributed by atoms with van der Waals surface area (Å²) in [6.45, 7) is 6.31. The molecule has 0 radical (unpaired) electrons. The minimum atomic E-state index is -0.824. The van der Waals surface area contributed by atoms with E-state index in [0.717, 1.165) is 109 Å². The van der Waals surface area contributed by atoms with Crippen LogP contribution in [0, 0.1) is 0 Å². The van der Waals surface area contributed by atoms with Crippen LogP contribution in [0.1, 0.15) is 252 Å². The van der Waals surface area contributed by atoms with E-state index >= 15 is 0 Å². The number of hydrogen-bond acceptors (Lipinski definition) is 6. The normalized spacial score (nSPS) is 13.0. The first-order valence-electron chi connectivity index (χ1n) is 29.0. The summed E-state index contributed by atoms with van der Waals surface area (Å²) >= 11 is 0. The van der Waals surface area contributed by atoms with E-state index in [4.69, 9.17) is 14.2 Å². The maximum atomic E-state index is 12.8. The molecule has 71 heavy (non-hydrogen) atoms. The van der Waals surface area contributed by atoms with Gasteiger partial charge >= 0.3 is 17.9 Å². The number of hydrogen-bond donors (Lipinski definition) is 0. The molecule has 0 aliphatic rings. The maximum absolute atomic E-state index is 12.8. The van der Waals surface area contributed by atoms with Gasteiger partial charge in [0.2, 0.25) is 0 Å². The minimum absolute atomic E-state index is 0.114. The summed E-state index contributed by atoms with van der Waals surface area (Å²) in [7, 11) is 0. The van der Waals surface area contributed by atoms with Crippen molar-refractivity contribution < 1.29 is 28.6 Å². The first kappa shape index (κ1) is 66.8. The first-order valence-corrected chi connectivity index (χ1v) is 29.0. The third-order valence-corrected chi connectivity index (χ3v) is 11.9. The average Bonchev–Trinajstić information content (AvgIpc) is 3.37. The Morgan fingerprint density at radius 3 is 0.944 bits per heavy atom. The number of ether oxygens (including phenoxy) is 3. The van der Waals surface area contributed by atoms with E-state index in [1.54, 1.807) is 0 Å². The topological polar surface area (TPSA) is 78.9 Å². The smallest absolute Gasteiger partial charge is 0.306 e. The van der Waals surface area contributed by atoms with Gasteiger partial charge in [-0.1, -0.05) is 239 Å². The van der Waals surface area contributed by atoms with Gasteiger partial charge in [-0.05, 0) is 116 Å². The lowest BCUT2D eigenvalue weighted by Gasteiger charge is -2.18. The molecule has 0 rings (SSSR count). The van der Waals surface area contributed by atoms with Crippen molar-refractivity contribution in [2.24, 2.45) is 0 Å². The first-order chi connectivity index (χ1) is 35.0. The van der Waals surface area contributed by atoms with Crippen LogP contribution in [0.5, 0.6) is 0 Å². The molecule has 0 bridgehead atoms. The molecular weight excluding hydrogens is 877 g/mol. The second-order valence-corrected chi connectivity index (χ2v) is 18.8. The summed E-state index contributed by atoms with van der Waals surface area (Å²) < 4.78 is 16.8. The molecule has 1 unspecified atom stereocenters. The van der Waals surface area contributed by atoms with E-state index in [1.807, 2.05) is 12.2 Å². The lowest BCUT2D eigenvalue weighted by atomic mass is 10.0. The molecule has 0 saturated heterocycles. The summed E-state index contributed by atoms with van der Waals surface area (Å²) in [6.07, 6.45) is 80.7. The molecule has 0 heterocycles. The van der Waals surface area contributed by atoms with Crippen LogP contribution in [0.25, 0.3) is 0 Å². The summed E-state index contributed by atoms with van der Waals surface area (Å²) in [5.41, 5.74) is 0. The third-order valence-electron chi connectivity index (χ3n) is 11.9. The Balaban J connectivity index is 4.43. The van der Waals surface area contributed by atoms with E-state index in [2.05, 4.69) is 130 Å². The zero-order chi connectivity index (χ0) is 51.4. The number of unbranched alkanes of at least 4 members (excludes halogenated alkanes) is 20. The molecular formula is C65H106O6. The van der Waals surface area contributed by atoms with E-state index in [9.17, 15) is 14.4 Å². The average molecular weight is 984 g/mol. The Bertz CT molecular complexity index is 1500. The number of esters is 3. The zero-order valence-electron chi connectivity index (χ0n) is 45.9. The summed E-state index contributed by atoms with van der Waals surface area (Å²) in [5, 5.41) is 0. The van der Waals surface area contributed by atoms with Crippen molar-refractivity contribution in [2.45, 2.75) is 258 Å². The molecule has 0 spiro atoms. The lowest BCUT2D eigenvalue weighted by molar-refractivity contribution is -0.166. The molecule has 0 N–H and O–H groups in total. The molecule has 402 valence electrons. The SMILES string of the molecule is CC/C=C\C/C=C\C/C=C\C/C=C\CCCCCCC(=O)OC(COC(=O)CC/C=C\C/C=C\C/C=C\C/C=C\CC)COC(=O)CCCCCCCCCCCCC/C=C\C/C=C\CCCCCCC. The van der Waals surface area contributed by atoms with Crippen molar-refractivity contribution in [2.75, 3.05) is 13.2 Å². The Morgan fingerprint density at radius 1 is 0.296 bits per heavy atom. The fourth-order valence-corrected chi connectivity index (χ4v) is 7.65. The van der Waals surface area contributed by atoms with Gasteiger partial charge in [0.1, 0.15) is 13.2 Å². The predicted molar refractivity (Wildman–Crippen MR) is 306 cm³/mol. The van der Waals surface area contributed by atoms with Crippen molar-refractivity contribution in [3.05, 3.63) is 122 Å². The van der Waals surface area contributed by atoms with E-state index in [-0.39, 0.29) is 44.0 Å². The Hall–Kier alpha value is -4.19. The Labute approximate surface area is 437 Å². The van der Waals surface area contributed by atoms with Crippen LogP contribution in [-0.4, -0.2) is 37.2 Å². The molecule has 1 atom stereocenters. The van der Waals surface area contributed by atoms with Gasteiger partial charge < -0.3 is 14.2 Å². The second kappa shape index (κ2) is 58.4. The lowest BCUT2D eigenvalue weighted by Crippen LogP contribution is -2.30. The van der Waals surface area contributed by atoms with Gasteiger partial charge in [0.15, 0.2) is 6.10 Å². The van der Waals surface area contributed by atoms with Crippen molar-refractivity contribution in [3.8, 4) is 0 Å².